The Morgan fingerprint density at radius 3 is 2.78 bits per heavy atom. The molecule has 3 N–H and O–H groups in total. The van der Waals surface area contributed by atoms with Crippen molar-refractivity contribution in [2.45, 2.75) is 6.54 Å². The van der Waals surface area contributed by atoms with E-state index < -0.39 is 10.8 Å². The fourth-order valence-electron chi connectivity index (χ4n) is 2.09. The Bertz CT molecular complexity index is 746. The first kappa shape index (κ1) is 16.2. The fraction of sp³-hybridized carbons (Fsp3) is 0.200. The van der Waals surface area contributed by atoms with E-state index in [1.165, 1.54) is 18.2 Å². The number of carbonyl (C=O) groups is 1. The summed E-state index contributed by atoms with van der Waals surface area (Å²) in [6.07, 6.45) is 1.67. The summed E-state index contributed by atoms with van der Waals surface area (Å²) in [5, 5.41) is 13.6. The van der Waals surface area contributed by atoms with Crippen LogP contribution in [0.5, 0.6) is 0 Å². The standard InChI is InChI=1S/C15H17N5O3/c1-19(2)14-11(4-3-7-17-14)9-18-15(21)10-5-6-12(16)13(8-10)20(22)23/h3-8H,9,16H2,1-2H3,(H,18,21). The van der Waals surface area contributed by atoms with Crippen molar-refractivity contribution in [3.8, 4) is 0 Å². The zero-order chi connectivity index (χ0) is 17.0. The highest BCUT2D eigenvalue weighted by atomic mass is 16.6. The van der Waals surface area contributed by atoms with Crippen LogP contribution in [0, 0.1) is 10.1 Å². The lowest BCUT2D eigenvalue weighted by Gasteiger charge is -2.16. The van der Waals surface area contributed by atoms with Crippen LogP contribution >= 0.6 is 0 Å². The topological polar surface area (TPSA) is 114 Å². The summed E-state index contributed by atoms with van der Waals surface area (Å²) in [7, 11) is 3.72. The quantitative estimate of drug-likeness (QED) is 0.492. The maximum atomic E-state index is 12.2. The summed E-state index contributed by atoms with van der Waals surface area (Å²) >= 11 is 0. The number of amides is 1. The van der Waals surface area contributed by atoms with Crippen LogP contribution in [0.25, 0.3) is 0 Å². The molecule has 2 aromatic rings. The maximum absolute atomic E-state index is 12.2. The van der Waals surface area contributed by atoms with Crippen molar-refractivity contribution in [1.29, 1.82) is 0 Å². The van der Waals surface area contributed by atoms with Crippen molar-refractivity contribution in [3.05, 3.63) is 57.8 Å². The molecule has 120 valence electrons. The molecular formula is C15H17N5O3. The number of rotatable bonds is 5. The van der Waals surface area contributed by atoms with Crippen molar-refractivity contribution >= 4 is 23.1 Å². The largest absolute Gasteiger partial charge is 0.393 e. The summed E-state index contributed by atoms with van der Waals surface area (Å²) in [4.78, 5) is 28.5. The minimum Gasteiger partial charge on any atom is -0.393 e. The minimum atomic E-state index is -0.614. The van der Waals surface area contributed by atoms with Crippen LogP contribution < -0.4 is 16.0 Å². The lowest BCUT2D eigenvalue weighted by Crippen LogP contribution is -2.24. The summed E-state index contributed by atoms with van der Waals surface area (Å²) in [5.41, 5.74) is 6.28. The average molecular weight is 315 g/mol. The number of benzene rings is 1. The average Bonchev–Trinajstić information content (AvgIpc) is 2.52. The summed E-state index contributed by atoms with van der Waals surface area (Å²) in [5.74, 6) is 0.331. The van der Waals surface area contributed by atoms with Crippen LogP contribution in [0.2, 0.25) is 0 Å². The summed E-state index contributed by atoms with van der Waals surface area (Å²) < 4.78 is 0. The number of nitrogens with two attached hydrogens (primary N) is 1. The van der Waals surface area contributed by atoms with E-state index in [1.807, 2.05) is 25.1 Å². The number of hydrogen-bond donors (Lipinski definition) is 2. The van der Waals surface area contributed by atoms with Gasteiger partial charge in [0.2, 0.25) is 0 Å². The Balaban J connectivity index is 2.15. The summed E-state index contributed by atoms with van der Waals surface area (Å²) in [6, 6.07) is 7.60. The van der Waals surface area contributed by atoms with E-state index in [4.69, 9.17) is 5.73 Å². The molecule has 0 radical (unpaired) electrons. The molecule has 0 saturated heterocycles. The van der Waals surface area contributed by atoms with Gasteiger partial charge in [-0.3, -0.25) is 14.9 Å². The Kier molecular flexibility index (Phi) is 4.75. The highest BCUT2D eigenvalue weighted by Crippen LogP contribution is 2.22. The van der Waals surface area contributed by atoms with E-state index in [0.717, 1.165) is 11.4 Å². The van der Waals surface area contributed by atoms with Crippen LogP contribution in [-0.4, -0.2) is 29.9 Å². The minimum absolute atomic E-state index is 0.0219. The van der Waals surface area contributed by atoms with E-state index in [1.54, 1.807) is 12.3 Å². The van der Waals surface area contributed by atoms with Crippen molar-refractivity contribution in [3.63, 3.8) is 0 Å². The molecule has 0 spiro atoms. The van der Waals surface area contributed by atoms with Gasteiger partial charge >= 0.3 is 0 Å². The van der Waals surface area contributed by atoms with Gasteiger partial charge in [-0.05, 0) is 18.2 Å². The smallest absolute Gasteiger partial charge is 0.292 e. The van der Waals surface area contributed by atoms with E-state index in [9.17, 15) is 14.9 Å². The van der Waals surface area contributed by atoms with Crippen LogP contribution in [0.4, 0.5) is 17.2 Å². The number of anilines is 2. The number of nitrogen functional groups attached to an aromatic ring is 1. The predicted molar refractivity (Wildman–Crippen MR) is 87.2 cm³/mol. The van der Waals surface area contributed by atoms with Gasteiger partial charge in [-0.15, -0.1) is 0 Å². The molecule has 0 aliphatic heterocycles. The predicted octanol–water partition coefficient (Wildman–Crippen LogP) is 1.57. The van der Waals surface area contributed by atoms with Crippen LogP contribution in [0.3, 0.4) is 0 Å². The monoisotopic (exact) mass is 315 g/mol. The summed E-state index contributed by atoms with van der Waals surface area (Å²) in [6.45, 7) is 0.262. The van der Waals surface area contributed by atoms with Crippen LogP contribution in [-0.2, 0) is 6.54 Å². The molecule has 0 aliphatic rings. The molecule has 0 aliphatic carbocycles. The highest BCUT2D eigenvalue weighted by molar-refractivity contribution is 5.95. The zero-order valence-electron chi connectivity index (χ0n) is 12.8. The van der Waals surface area contributed by atoms with Crippen LogP contribution in [0.1, 0.15) is 15.9 Å². The van der Waals surface area contributed by atoms with Gasteiger partial charge in [-0.1, -0.05) is 6.07 Å². The molecule has 0 unspecified atom stereocenters. The molecular weight excluding hydrogens is 298 g/mol. The Morgan fingerprint density at radius 1 is 1.39 bits per heavy atom. The number of nitro groups is 1. The van der Waals surface area contributed by atoms with Crippen molar-refractivity contribution < 1.29 is 9.72 Å². The molecule has 1 aromatic carbocycles. The molecule has 0 atom stereocenters. The second kappa shape index (κ2) is 6.73. The van der Waals surface area contributed by atoms with E-state index in [2.05, 4.69) is 10.3 Å². The van der Waals surface area contributed by atoms with Crippen molar-refractivity contribution in [2.24, 2.45) is 0 Å². The number of nitro benzene ring substituents is 1. The van der Waals surface area contributed by atoms with Gasteiger partial charge in [-0.25, -0.2) is 4.98 Å². The van der Waals surface area contributed by atoms with Gasteiger partial charge in [0.05, 0.1) is 4.92 Å². The van der Waals surface area contributed by atoms with Crippen molar-refractivity contribution in [1.82, 2.24) is 10.3 Å². The number of nitrogens with zero attached hydrogens (tertiary/aromatic N) is 3. The molecule has 0 fully saturated rings. The van der Waals surface area contributed by atoms with Gasteiger partial charge in [0.25, 0.3) is 11.6 Å². The lowest BCUT2D eigenvalue weighted by atomic mass is 10.1. The number of nitrogens with one attached hydrogen (secondary N) is 1. The third-order valence-corrected chi connectivity index (χ3v) is 3.22. The number of pyridine rings is 1. The molecule has 8 heteroatoms. The van der Waals surface area contributed by atoms with E-state index in [0.29, 0.717) is 0 Å². The SMILES string of the molecule is CN(C)c1ncccc1CNC(=O)c1ccc(N)c([N+](=O)[O-])c1. The van der Waals surface area contributed by atoms with E-state index in [-0.39, 0.29) is 23.5 Å². The first-order chi connectivity index (χ1) is 10.9. The maximum Gasteiger partial charge on any atom is 0.292 e. The first-order valence-corrected chi connectivity index (χ1v) is 6.83. The molecule has 0 saturated carbocycles. The van der Waals surface area contributed by atoms with Gasteiger partial charge in [0, 0.05) is 44.0 Å². The van der Waals surface area contributed by atoms with Gasteiger partial charge < -0.3 is 16.0 Å². The van der Waals surface area contributed by atoms with Gasteiger partial charge in [0.15, 0.2) is 0 Å². The second-order valence-corrected chi connectivity index (χ2v) is 5.09. The Labute approximate surface area is 133 Å². The van der Waals surface area contributed by atoms with Crippen LogP contribution in [0.15, 0.2) is 36.5 Å². The number of carbonyl (C=O) groups excluding carboxylic acids is 1. The van der Waals surface area contributed by atoms with Gasteiger partial charge in [-0.2, -0.15) is 0 Å². The fourth-order valence-corrected chi connectivity index (χ4v) is 2.09. The zero-order valence-corrected chi connectivity index (χ0v) is 12.8. The molecule has 1 heterocycles. The first-order valence-electron chi connectivity index (χ1n) is 6.83. The molecule has 8 nitrogen and oxygen atoms in total. The molecule has 1 amide bonds. The highest BCUT2D eigenvalue weighted by Gasteiger charge is 2.16. The molecule has 0 bridgehead atoms. The third-order valence-electron chi connectivity index (χ3n) is 3.22. The number of hydrogen-bond acceptors (Lipinski definition) is 6. The third kappa shape index (κ3) is 3.73. The Hall–Kier alpha value is -3.16. The Morgan fingerprint density at radius 2 is 2.13 bits per heavy atom. The molecule has 23 heavy (non-hydrogen) atoms. The molecule has 1 aromatic heterocycles. The van der Waals surface area contributed by atoms with E-state index >= 15 is 0 Å². The second-order valence-electron chi connectivity index (χ2n) is 5.09. The van der Waals surface area contributed by atoms with Crippen molar-refractivity contribution in [2.75, 3.05) is 24.7 Å². The lowest BCUT2D eigenvalue weighted by molar-refractivity contribution is -0.383. The van der Waals surface area contributed by atoms with Gasteiger partial charge in [0.1, 0.15) is 11.5 Å². The normalized spacial score (nSPS) is 10.2. The molecule has 2 rings (SSSR count). The number of aromatic nitrogens is 1.